The van der Waals surface area contributed by atoms with Crippen LogP contribution >= 0.6 is 0 Å². The van der Waals surface area contributed by atoms with E-state index in [9.17, 15) is 4.79 Å². The van der Waals surface area contributed by atoms with E-state index in [1.165, 1.54) is 11.6 Å². The van der Waals surface area contributed by atoms with Gasteiger partial charge < -0.3 is 14.2 Å². The molecule has 0 radical (unpaired) electrons. The molecule has 4 aromatic carbocycles. The van der Waals surface area contributed by atoms with E-state index in [0.29, 0.717) is 13.2 Å². The van der Waals surface area contributed by atoms with Crippen LogP contribution in [0.25, 0.3) is 10.8 Å². The third kappa shape index (κ3) is 10.1. The summed E-state index contributed by atoms with van der Waals surface area (Å²) >= 11 is 0. The second-order valence-electron chi connectivity index (χ2n) is 10.8. The molecule has 0 aliphatic carbocycles. The Morgan fingerprint density at radius 3 is 2.09 bits per heavy atom. The molecule has 0 spiro atoms. The molecule has 0 aliphatic rings. The Bertz CT molecular complexity index is 1690. The Labute approximate surface area is 262 Å². The van der Waals surface area contributed by atoms with Gasteiger partial charge in [-0.25, -0.2) is 4.79 Å². The summed E-state index contributed by atoms with van der Waals surface area (Å²) in [6.07, 6.45) is 6.06. The molecular formula is C40H40O4. The maximum atomic E-state index is 11.0. The Hall–Kier alpha value is -4.93. The van der Waals surface area contributed by atoms with Crippen LogP contribution in [0.15, 0.2) is 91.5 Å². The zero-order valence-electron chi connectivity index (χ0n) is 26.0. The Morgan fingerprint density at radius 1 is 0.727 bits per heavy atom. The van der Waals surface area contributed by atoms with Crippen molar-refractivity contribution in [2.24, 2.45) is 0 Å². The predicted octanol–water partition coefficient (Wildman–Crippen LogP) is 8.66. The van der Waals surface area contributed by atoms with Crippen molar-refractivity contribution in [3.05, 3.63) is 119 Å². The molecule has 0 fully saturated rings. The summed E-state index contributed by atoms with van der Waals surface area (Å²) in [7, 11) is 0. The van der Waals surface area contributed by atoms with E-state index < -0.39 is 0 Å². The molecule has 0 aliphatic heterocycles. The smallest absolute Gasteiger partial charge is 0.330 e. The van der Waals surface area contributed by atoms with E-state index in [0.717, 1.165) is 76.6 Å². The Kier molecular flexibility index (Phi) is 12.1. The number of esters is 1. The zero-order valence-corrected chi connectivity index (χ0v) is 26.0. The fraction of sp³-hybridized carbons (Fsp3) is 0.275. The van der Waals surface area contributed by atoms with Crippen LogP contribution in [-0.2, 0) is 16.0 Å². The highest BCUT2D eigenvalue weighted by Crippen LogP contribution is 2.23. The Balaban J connectivity index is 1.32. The largest absolute Gasteiger partial charge is 0.494 e. The summed E-state index contributed by atoms with van der Waals surface area (Å²) in [6, 6.07) is 26.6. The summed E-state index contributed by atoms with van der Waals surface area (Å²) in [5.41, 5.74) is 5.11. The lowest BCUT2D eigenvalue weighted by Gasteiger charge is -2.08. The van der Waals surface area contributed by atoms with Crippen molar-refractivity contribution in [1.82, 2.24) is 0 Å². The molecule has 4 nitrogen and oxygen atoms in total. The molecule has 44 heavy (non-hydrogen) atoms. The van der Waals surface area contributed by atoms with Gasteiger partial charge in [-0.15, -0.1) is 0 Å². The minimum atomic E-state index is -0.363. The average Bonchev–Trinajstić information content (AvgIpc) is 3.04. The Morgan fingerprint density at radius 2 is 1.34 bits per heavy atom. The summed E-state index contributed by atoms with van der Waals surface area (Å²) < 4.78 is 16.7. The van der Waals surface area contributed by atoms with Crippen LogP contribution in [0, 0.1) is 23.7 Å². The van der Waals surface area contributed by atoms with Gasteiger partial charge >= 0.3 is 5.97 Å². The lowest BCUT2D eigenvalue weighted by molar-refractivity contribution is -0.137. The van der Waals surface area contributed by atoms with Crippen LogP contribution in [0.3, 0.4) is 0 Å². The van der Waals surface area contributed by atoms with Crippen molar-refractivity contribution < 1.29 is 19.0 Å². The van der Waals surface area contributed by atoms with Gasteiger partial charge in [0.25, 0.3) is 0 Å². The minimum absolute atomic E-state index is 0.151. The number of benzene rings is 4. The summed E-state index contributed by atoms with van der Waals surface area (Å²) in [6.45, 7) is 10.7. The zero-order chi connectivity index (χ0) is 31.1. The van der Waals surface area contributed by atoms with E-state index in [2.05, 4.69) is 79.6 Å². The number of unbranched alkanes of at least 4 members (excludes halogenated alkanes) is 3. The predicted molar refractivity (Wildman–Crippen MR) is 179 cm³/mol. The fourth-order valence-corrected chi connectivity index (χ4v) is 4.63. The standard InChI is InChI=1S/C40H40O4/c1-5-34-27-32(12-11-31-16-22-38(23-17-31)44-30(3)4)13-18-35(34)19-14-33-15-20-37-29-39(24-21-36(37)28-33)42-25-9-7-8-10-26-43-40(41)6-2/h6,13,15-18,20-24,27-30H,2,5,7-10,25-26H2,1,3-4H3. The van der Waals surface area contributed by atoms with E-state index in [-0.39, 0.29) is 12.1 Å². The fourth-order valence-electron chi connectivity index (χ4n) is 4.63. The number of fused-ring (bicyclic) bond motifs is 1. The van der Waals surface area contributed by atoms with E-state index in [4.69, 9.17) is 14.2 Å². The summed E-state index contributed by atoms with van der Waals surface area (Å²) in [5.74, 6) is 14.6. The maximum absolute atomic E-state index is 11.0. The van der Waals surface area contributed by atoms with Crippen molar-refractivity contribution >= 4 is 16.7 Å². The maximum Gasteiger partial charge on any atom is 0.330 e. The summed E-state index contributed by atoms with van der Waals surface area (Å²) in [4.78, 5) is 11.0. The quantitative estimate of drug-likeness (QED) is 0.0724. The van der Waals surface area contributed by atoms with Crippen molar-refractivity contribution in [3.8, 4) is 35.2 Å². The molecule has 224 valence electrons. The number of rotatable bonds is 12. The molecule has 0 saturated carbocycles. The van der Waals surface area contributed by atoms with Gasteiger partial charge in [-0.3, -0.25) is 0 Å². The topological polar surface area (TPSA) is 44.8 Å². The second kappa shape index (κ2) is 16.6. The molecule has 0 saturated heterocycles. The molecule has 0 aromatic heterocycles. The molecular weight excluding hydrogens is 544 g/mol. The second-order valence-corrected chi connectivity index (χ2v) is 10.8. The molecule has 0 N–H and O–H groups in total. The highest BCUT2D eigenvalue weighted by molar-refractivity contribution is 5.85. The third-order valence-corrected chi connectivity index (χ3v) is 6.94. The van der Waals surface area contributed by atoms with Crippen LogP contribution in [0.5, 0.6) is 11.5 Å². The van der Waals surface area contributed by atoms with Gasteiger partial charge in [0.1, 0.15) is 11.5 Å². The number of hydrogen-bond acceptors (Lipinski definition) is 4. The van der Waals surface area contributed by atoms with Gasteiger partial charge in [0, 0.05) is 28.3 Å². The number of aryl methyl sites for hydroxylation is 1. The molecule has 4 heteroatoms. The van der Waals surface area contributed by atoms with Crippen LogP contribution in [0.4, 0.5) is 0 Å². The van der Waals surface area contributed by atoms with Crippen LogP contribution in [-0.4, -0.2) is 25.3 Å². The van der Waals surface area contributed by atoms with Crippen molar-refractivity contribution in [2.75, 3.05) is 13.2 Å². The summed E-state index contributed by atoms with van der Waals surface area (Å²) in [5, 5.41) is 2.25. The normalized spacial score (nSPS) is 10.4. The van der Waals surface area contributed by atoms with Gasteiger partial charge in [-0.1, -0.05) is 49.3 Å². The van der Waals surface area contributed by atoms with Crippen molar-refractivity contribution in [2.45, 2.75) is 59.0 Å². The van der Waals surface area contributed by atoms with Crippen LogP contribution in [0.1, 0.15) is 74.3 Å². The lowest BCUT2D eigenvalue weighted by atomic mass is 10.0. The van der Waals surface area contributed by atoms with E-state index in [1.54, 1.807) is 0 Å². The van der Waals surface area contributed by atoms with Gasteiger partial charge in [0.05, 0.1) is 19.3 Å². The molecule has 0 bridgehead atoms. The highest BCUT2D eigenvalue weighted by Gasteiger charge is 2.03. The first-order chi connectivity index (χ1) is 21.4. The molecule has 0 unspecified atom stereocenters. The van der Waals surface area contributed by atoms with Crippen molar-refractivity contribution in [3.63, 3.8) is 0 Å². The number of ether oxygens (including phenoxy) is 3. The lowest BCUT2D eigenvalue weighted by Crippen LogP contribution is -2.05. The first-order valence-corrected chi connectivity index (χ1v) is 15.3. The SMILES string of the molecule is C=CC(=O)OCCCCCCOc1ccc2cc(C#Cc3ccc(C#Cc4ccc(OC(C)C)cc4)cc3CC)ccc2c1. The first-order valence-electron chi connectivity index (χ1n) is 15.3. The van der Waals surface area contributed by atoms with Gasteiger partial charge in [0.2, 0.25) is 0 Å². The molecule has 4 aromatic rings. The van der Waals surface area contributed by atoms with E-state index in [1.807, 2.05) is 50.2 Å². The molecule has 0 heterocycles. The molecule has 0 atom stereocenters. The molecule has 4 rings (SSSR count). The minimum Gasteiger partial charge on any atom is -0.494 e. The third-order valence-electron chi connectivity index (χ3n) is 6.94. The monoisotopic (exact) mass is 584 g/mol. The number of carbonyl (C=O) groups excluding carboxylic acids is 1. The van der Waals surface area contributed by atoms with Crippen LogP contribution < -0.4 is 9.47 Å². The van der Waals surface area contributed by atoms with Gasteiger partial charge in [0.15, 0.2) is 0 Å². The van der Waals surface area contributed by atoms with Gasteiger partial charge in [-0.2, -0.15) is 0 Å². The van der Waals surface area contributed by atoms with Gasteiger partial charge in [-0.05, 0) is 129 Å². The first kappa shape index (κ1) is 32.0. The van der Waals surface area contributed by atoms with Crippen molar-refractivity contribution in [1.29, 1.82) is 0 Å². The average molecular weight is 585 g/mol. The van der Waals surface area contributed by atoms with Crippen LogP contribution in [0.2, 0.25) is 0 Å². The number of carbonyl (C=O) groups is 1. The number of hydrogen-bond donors (Lipinski definition) is 0. The molecule has 0 amide bonds. The van der Waals surface area contributed by atoms with E-state index >= 15 is 0 Å². The highest BCUT2D eigenvalue weighted by atomic mass is 16.5.